The number of carbonyl (C=O) groups excluding carboxylic acids is 3. The van der Waals surface area contributed by atoms with Crippen LogP contribution in [0.25, 0.3) is 0 Å². The van der Waals surface area contributed by atoms with E-state index in [4.69, 9.17) is 4.74 Å². The largest absolute Gasteiger partial charge is 0.497 e. The van der Waals surface area contributed by atoms with Gasteiger partial charge in [0.05, 0.1) is 18.5 Å². The molecular formula is C18H15N3O4. The number of ether oxygens (including phenoxy) is 1. The van der Waals surface area contributed by atoms with Gasteiger partial charge in [-0.25, -0.2) is 9.69 Å². The Bertz CT molecular complexity index is 848. The molecule has 1 aliphatic rings. The van der Waals surface area contributed by atoms with E-state index >= 15 is 0 Å². The van der Waals surface area contributed by atoms with Crippen LogP contribution < -0.4 is 15.0 Å². The minimum absolute atomic E-state index is 0.312. The van der Waals surface area contributed by atoms with Crippen molar-refractivity contribution < 1.29 is 19.1 Å². The minimum Gasteiger partial charge on any atom is -0.497 e. The van der Waals surface area contributed by atoms with E-state index in [0.717, 1.165) is 4.90 Å². The third kappa shape index (κ3) is 3.40. The van der Waals surface area contributed by atoms with Crippen LogP contribution in [0.3, 0.4) is 0 Å². The molecule has 1 heterocycles. The van der Waals surface area contributed by atoms with Crippen LogP contribution in [0, 0.1) is 5.92 Å². The van der Waals surface area contributed by atoms with Crippen LogP contribution in [-0.2, 0) is 9.59 Å². The fourth-order valence-electron chi connectivity index (χ4n) is 2.39. The van der Waals surface area contributed by atoms with Crippen LogP contribution >= 0.6 is 0 Å². The highest BCUT2D eigenvalue weighted by Gasteiger charge is 2.40. The molecule has 0 aromatic heterocycles. The maximum absolute atomic E-state index is 12.7. The third-order valence-corrected chi connectivity index (χ3v) is 3.64. The van der Waals surface area contributed by atoms with Gasteiger partial charge in [-0.05, 0) is 24.3 Å². The Morgan fingerprint density at radius 1 is 1.08 bits per heavy atom. The van der Waals surface area contributed by atoms with E-state index in [1.165, 1.54) is 13.3 Å². The predicted octanol–water partition coefficient (Wildman–Crippen LogP) is 2.30. The Hall–Kier alpha value is -3.48. The van der Waals surface area contributed by atoms with Gasteiger partial charge in [-0.2, -0.15) is 0 Å². The number of methoxy groups -OCH3 is 1. The van der Waals surface area contributed by atoms with Gasteiger partial charge in [0.2, 0.25) is 5.91 Å². The third-order valence-electron chi connectivity index (χ3n) is 3.64. The summed E-state index contributed by atoms with van der Waals surface area (Å²) in [4.78, 5) is 41.9. The molecule has 0 bridgehead atoms. The van der Waals surface area contributed by atoms with Crippen molar-refractivity contribution in [2.24, 2.45) is 10.9 Å². The number of nitrogens with zero attached hydrogens (tertiary/aromatic N) is 2. The Kier molecular flexibility index (Phi) is 4.56. The van der Waals surface area contributed by atoms with Crippen LogP contribution in [0.1, 0.15) is 0 Å². The Morgan fingerprint density at radius 3 is 2.56 bits per heavy atom. The second-order valence-electron chi connectivity index (χ2n) is 5.26. The van der Waals surface area contributed by atoms with Crippen LogP contribution in [0.15, 0.2) is 59.6 Å². The van der Waals surface area contributed by atoms with E-state index in [2.05, 4.69) is 10.3 Å². The first-order valence-corrected chi connectivity index (χ1v) is 7.52. The SMILES string of the molecule is COc1cccc(N2C(=O)NC(=O)[C@H](C=Nc3ccccc3)C2=O)c1. The first kappa shape index (κ1) is 16.4. The van der Waals surface area contributed by atoms with Gasteiger partial charge in [-0.15, -0.1) is 0 Å². The van der Waals surface area contributed by atoms with Crippen molar-refractivity contribution in [1.82, 2.24) is 5.32 Å². The summed E-state index contributed by atoms with van der Waals surface area (Å²) in [6, 6.07) is 14.6. The van der Waals surface area contributed by atoms with Crippen molar-refractivity contribution in [3.05, 3.63) is 54.6 Å². The van der Waals surface area contributed by atoms with Gasteiger partial charge in [0.15, 0.2) is 5.92 Å². The van der Waals surface area contributed by atoms with E-state index in [1.54, 1.807) is 48.5 Å². The van der Waals surface area contributed by atoms with Crippen LogP contribution in [-0.4, -0.2) is 31.2 Å². The molecule has 0 spiro atoms. The number of benzene rings is 2. The minimum atomic E-state index is -1.19. The van der Waals surface area contributed by atoms with E-state index in [0.29, 0.717) is 17.1 Å². The summed E-state index contributed by atoms with van der Waals surface area (Å²) in [5.74, 6) is -2.07. The molecular weight excluding hydrogens is 322 g/mol. The number of anilines is 1. The molecule has 0 saturated carbocycles. The number of barbiturate groups is 1. The summed E-state index contributed by atoms with van der Waals surface area (Å²) in [5, 5.41) is 2.18. The predicted molar refractivity (Wildman–Crippen MR) is 92.1 cm³/mol. The number of amides is 4. The number of imide groups is 2. The Balaban J connectivity index is 1.90. The number of urea groups is 1. The second-order valence-corrected chi connectivity index (χ2v) is 5.26. The van der Waals surface area contributed by atoms with Gasteiger partial charge in [0.25, 0.3) is 5.91 Å². The number of hydrogen-bond acceptors (Lipinski definition) is 5. The molecule has 1 aliphatic heterocycles. The van der Waals surface area contributed by atoms with Gasteiger partial charge in [-0.1, -0.05) is 24.3 Å². The molecule has 3 rings (SSSR count). The molecule has 2 aromatic rings. The highest BCUT2D eigenvalue weighted by atomic mass is 16.5. The normalized spacial score (nSPS) is 17.7. The van der Waals surface area contributed by atoms with Gasteiger partial charge in [-0.3, -0.25) is 19.9 Å². The number of aliphatic imine (C=N–C) groups is 1. The molecule has 0 aliphatic carbocycles. The zero-order valence-corrected chi connectivity index (χ0v) is 13.4. The lowest BCUT2D eigenvalue weighted by Gasteiger charge is -2.28. The highest BCUT2D eigenvalue weighted by molar-refractivity contribution is 6.32. The van der Waals surface area contributed by atoms with Crippen molar-refractivity contribution >= 4 is 35.4 Å². The smallest absolute Gasteiger partial charge is 0.335 e. The lowest BCUT2D eigenvalue weighted by molar-refractivity contribution is -0.131. The summed E-state index contributed by atoms with van der Waals surface area (Å²) >= 11 is 0. The molecule has 0 radical (unpaired) electrons. The van der Waals surface area contributed by atoms with Gasteiger partial charge < -0.3 is 4.74 Å². The molecule has 0 unspecified atom stereocenters. The van der Waals surface area contributed by atoms with Crippen LogP contribution in [0.5, 0.6) is 5.75 Å². The standard InChI is InChI=1S/C18H15N3O4/c1-25-14-9-5-8-13(10-14)21-17(23)15(16(22)20-18(21)24)11-19-12-6-3-2-4-7-12/h2-11,15H,1H3,(H,20,22,24)/t15-/m0/s1. The van der Waals surface area contributed by atoms with Crippen molar-refractivity contribution in [3.63, 3.8) is 0 Å². The van der Waals surface area contributed by atoms with Gasteiger partial charge in [0, 0.05) is 12.3 Å². The van der Waals surface area contributed by atoms with Crippen LogP contribution in [0.4, 0.5) is 16.2 Å². The van der Waals surface area contributed by atoms with E-state index in [1.807, 2.05) is 6.07 Å². The van der Waals surface area contributed by atoms with Gasteiger partial charge in [0.1, 0.15) is 5.75 Å². The average Bonchev–Trinajstić information content (AvgIpc) is 2.62. The summed E-state index contributed by atoms with van der Waals surface area (Å²) in [5.41, 5.74) is 0.917. The molecule has 7 heteroatoms. The monoisotopic (exact) mass is 337 g/mol. The second kappa shape index (κ2) is 6.96. The zero-order valence-electron chi connectivity index (χ0n) is 13.4. The maximum Gasteiger partial charge on any atom is 0.335 e. The van der Waals surface area contributed by atoms with Crippen molar-refractivity contribution in [2.45, 2.75) is 0 Å². The summed E-state index contributed by atoms with van der Waals surface area (Å²) in [6.07, 6.45) is 1.24. The molecule has 2 aromatic carbocycles. The van der Waals surface area contributed by atoms with E-state index in [-0.39, 0.29) is 0 Å². The first-order chi connectivity index (χ1) is 12.1. The molecule has 126 valence electrons. The number of nitrogens with one attached hydrogen (secondary N) is 1. The lowest BCUT2D eigenvalue weighted by Crippen LogP contribution is -2.58. The number of carbonyl (C=O) groups is 3. The van der Waals surface area contributed by atoms with E-state index in [9.17, 15) is 14.4 Å². The topological polar surface area (TPSA) is 88.1 Å². The van der Waals surface area contributed by atoms with Crippen LogP contribution in [0.2, 0.25) is 0 Å². The Labute approximate surface area is 143 Å². The molecule has 7 nitrogen and oxygen atoms in total. The average molecular weight is 337 g/mol. The highest BCUT2D eigenvalue weighted by Crippen LogP contribution is 2.24. The van der Waals surface area contributed by atoms with Crippen molar-refractivity contribution in [2.75, 3.05) is 12.0 Å². The number of rotatable bonds is 4. The van der Waals surface area contributed by atoms with E-state index < -0.39 is 23.8 Å². The number of para-hydroxylation sites is 1. The Morgan fingerprint density at radius 2 is 1.84 bits per heavy atom. The summed E-state index contributed by atoms with van der Waals surface area (Å²) in [7, 11) is 1.48. The molecule has 1 N–H and O–H groups in total. The zero-order chi connectivity index (χ0) is 17.8. The molecule has 25 heavy (non-hydrogen) atoms. The van der Waals surface area contributed by atoms with Crippen molar-refractivity contribution in [1.29, 1.82) is 0 Å². The van der Waals surface area contributed by atoms with Crippen molar-refractivity contribution in [3.8, 4) is 5.75 Å². The summed E-state index contributed by atoms with van der Waals surface area (Å²) in [6.45, 7) is 0. The van der Waals surface area contributed by atoms with Gasteiger partial charge >= 0.3 is 6.03 Å². The maximum atomic E-state index is 12.7. The summed E-state index contributed by atoms with van der Waals surface area (Å²) < 4.78 is 5.11. The molecule has 1 atom stereocenters. The quantitative estimate of drug-likeness (QED) is 0.685. The molecule has 1 fully saturated rings. The first-order valence-electron chi connectivity index (χ1n) is 7.52. The fraction of sp³-hybridized carbons (Fsp3) is 0.111. The molecule has 4 amide bonds. The molecule has 1 saturated heterocycles. The lowest BCUT2D eigenvalue weighted by atomic mass is 10.1. The number of hydrogen-bond donors (Lipinski definition) is 1. The fourth-order valence-corrected chi connectivity index (χ4v) is 2.39.